The number of hydrogen-bond donors (Lipinski definition) is 2. The molecular weight excluding hydrogens is 252 g/mol. The Labute approximate surface area is 109 Å². The van der Waals surface area contributed by atoms with Crippen molar-refractivity contribution in [1.29, 1.82) is 0 Å². The number of hydrogen-bond acceptors (Lipinski definition) is 4. The minimum atomic E-state index is -1.03. The van der Waals surface area contributed by atoms with Gasteiger partial charge in [0.25, 0.3) is 0 Å². The molecule has 1 aliphatic rings. The van der Waals surface area contributed by atoms with E-state index in [2.05, 4.69) is 17.2 Å². The van der Waals surface area contributed by atoms with Crippen molar-refractivity contribution < 1.29 is 14.7 Å². The van der Waals surface area contributed by atoms with Gasteiger partial charge in [0.05, 0.1) is 6.54 Å². The number of nitrogens with one attached hydrogen (secondary N) is 1. The van der Waals surface area contributed by atoms with Gasteiger partial charge in [-0.05, 0) is 18.8 Å². The summed E-state index contributed by atoms with van der Waals surface area (Å²) in [6, 6.07) is 0. The molecule has 0 aliphatic heterocycles. The third-order valence-corrected chi connectivity index (χ3v) is 4.23. The number of carbonyl (C=O) groups excluding carboxylic acids is 1. The lowest BCUT2D eigenvalue weighted by molar-refractivity contribution is -0.126. The van der Waals surface area contributed by atoms with Gasteiger partial charge >= 0.3 is 5.97 Å². The van der Waals surface area contributed by atoms with Crippen molar-refractivity contribution in [2.45, 2.75) is 32.7 Å². The van der Waals surface area contributed by atoms with Crippen LogP contribution >= 0.6 is 11.3 Å². The van der Waals surface area contributed by atoms with Gasteiger partial charge in [-0.2, -0.15) is 0 Å². The normalized spacial score (nSPS) is 22.9. The number of carboxylic acids is 1. The van der Waals surface area contributed by atoms with E-state index >= 15 is 0 Å². The molecule has 1 aromatic heterocycles. The monoisotopic (exact) mass is 268 g/mol. The van der Waals surface area contributed by atoms with E-state index in [0.717, 1.165) is 19.3 Å². The standard InChI is InChI=1S/C12H16N2O3S/c1-7-3-2-4-8(7)11(15)13-5-10-14-9(6-18-10)12(16)17/h6-8H,2-5H2,1H3,(H,13,15)(H,16,17). The summed E-state index contributed by atoms with van der Waals surface area (Å²) in [5, 5.41) is 13.7. The summed E-state index contributed by atoms with van der Waals surface area (Å²) in [6.45, 7) is 2.42. The summed E-state index contributed by atoms with van der Waals surface area (Å²) in [7, 11) is 0. The molecule has 0 radical (unpaired) electrons. The van der Waals surface area contributed by atoms with Gasteiger partial charge in [0.15, 0.2) is 5.69 Å². The highest BCUT2D eigenvalue weighted by atomic mass is 32.1. The maximum absolute atomic E-state index is 11.9. The Balaban J connectivity index is 1.87. The van der Waals surface area contributed by atoms with Gasteiger partial charge in [0, 0.05) is 11.3 Å². The smallest absolute Gasteiger partial charge is 0.355 e. The second-order valence-corrected chi connectivity index (χ2v) is 5.61. The number of carboxylic acid groups (broad SMARTS) is 1. The highest BCUT2D eigenvalue weighted by Crippen LogP contribution is 2.31. The first-order valence-corrected chi connectivity index (χ1v) is 6.91. The first-order valence-electron chi connectivity index (χ1n) is 6.03. The van der Waals surface area contributed by atoms with E-state index in [4.69, 9.17) is 5.11 Å². The molecular formula is C12H16N2O3S. The van der Waals surface area contributed by atoms with E-state index in [-0.39, 0.29) is 17.5 Å². The van der Waals surface area contributed by atoms with Crippen LogP contribution < -0.4 is 5.32 Å². The van der Waals surface area contributed by atoms with Crippen LogP contribution in [0.1, 0.15) is 41.7 Å². The minimum absolute atomic E-state index is 0.0403. The van der Waals surface area contributed by atoms with Crippen molar-refractivity contribution in [3.63, 3.8) is 0 Å². The van der Waals surface area contributed by atoms with Crippen LogP contribution in [0.25, 0.3) is 0 Å². The van der Waals surface area contributed by atoms with E-state index in [1.165, 1.54) is 16.7 Å². The Bertz CT molecular complexity index is 458. The first-order chi connectivity index (χ1) is 8.58. The number of carbonyl (C=O) groups is 2. The Hall–Kier alpha value is -1.43. The van der Waals surface area contributed by atoms with Gasteiger partial charge in [-0.1, -0.05) is 13.3 Å². The lowest BCUT2D eigenvalue weighted by atomic mass is 9.97. The molecule has 1 aromatic rings. The quantitative estimate of drug-likeness (QED) is 0.874. The SMILES string of the molecule is CC1CCCC1C(=O)NCc1nc(C(=O)O)cs1. The topological polar surface area (TPSA) is 79.3 Å². The van der Waals surface area contributed by atoms with Gasteiger partial charge in [-0.3, -0.25) is 4.79 Å². The Morgan fingerprint density at radius 2 is 2.33 bits per heavy atom. The molecule has 2 N–H and O–H groups in total. The number of rotatable bonds is 4. The van der Waals surface area contributed by atoms with Crippen LogP contribution in [0, 0.1) is 11.8 Å². The van der Waals surface area contributed by atoms with Crippen LogP contribution in [0.5, 0.6) is 0 Å². The van der Waals surface area contributed by atoms with Crippen molar-refractivity contribution in [3.8, 4) is 0 Å². The van der Waals surface area contributed by atoms with Crippen molar-refractivity contribution in [2.24, 2.45) is 11.8 Å². The fourth-order valence-corrected chi connectivity index (χ4v) is 3.03. The lowest BCUT2D eigenvalue weighted by Gasteiger charge is -2.14. The molecule has 1 aliphatic carbocycles. The zero-order valence-electron chi connectivity index (χ0n) is 10.2. The molecule has 1 heterocycles. The van der Waals surface area contributed by atoms with Crippen LogP contribution in [-0.4, -0.2) is 22.0 Å². The molecule has 0 saturated heterocycles. The number of amides is 1. The second-order valence-electron chi connectivity index (χ2n) is 4.66. The van der Waals surface area contributed by atoms with Crippen molar-refractivity contribution in [2.75, 3.05) is 0 Å². The molecule has 0 spiro atoms. The van der Waals surface area contributed by atoms with E-state index in [0.29, 0.717) is 17.5 Å². The van der Waals surface area contributed by atoms with E-state index in [1.807, 2.05) is 0 Å². The highest BCUT2D eigenvalue weighted by molar-refractivity contribution is 7.09. The largest absolute Gasteiger partial charge is 0.476 e. The molecule has 2 rings (SSSR count). The van der Waals surface area contributed by atoms with E-state index in [9.17, 15) is 9.59 Å². The third-order valence-electron chi connectivity index (χ3n) is 3.38. The molecule has 2 unspecified atom stereocenters. The molecule has 98 valence electrons. The maximum atomic E-state index is 11.9. The summed E-state index contributed by atoms with van der Waals surface area (Å²) in [5.41, 5.74) is 0.0403. The lowest BCUT2D eigenvalue weighted by Crippen LogP contribution is -2.31. The number of aromatic nitrogens is 1. The van der Waals surface area contributed by atoms with Gasteiger partial charge in [0.2, 0.25) is 5.91 Å². The molecule has 0 aromatic carbocycles. The molecule has 1 amide bonds. The molecule has 18 heavy (non-hydrogen) atoms. The second kappa shape index (κ2) is 5.48. The van der Waals surface area contributed by atoms with Crippen molar-refractivity contribution >= 4 is 23.2 Å². The Kier molecular flexibility index (Phi) is 3.96. The van der Waals surface area contributed by atoms with Crippen LogP contribution in [0.2, 0.25) is 0 Å². The van der Waals surface area contributed by atoms with Crippen molar-refractivity contribution in [3.05, 3.63) is 16.1 Å². The average Bonchev–Trinajstić information content (AvgIpc) is 2.94. The molecule has 1 fully saturated rings. The summed E-state index contributed by atoms with van der Waals surface area (Å²) in [5.74, 6) is -0.430. The van der Waals surface area contributed by atoms with Crippen LogP contribution in [0.4, 0.5) is 0 Å². The van der Waals surface area contributed by atoms with E-state index in [1.54, 1.807) is 0 Å². The van der Waals surface area contributed by atoms with Gasteiger partial charge < -0.3 is 10.4 Å². The first kappa shape index (κ1) is 13.0. The summed E-state index contributed by atoms with van der Waals surface area (Å²) >= 11 is 1.26. The molecule has 5 nitrogen and oxygen atoms in total. The van der Waals surface area contributed by atoms with E-state index < -0.39 is 5.97 Å². The number of aromatic carboxylic acids is 1. The summed E-state index contributed by atoms with van der Waals surface area (Å²) in [6.07, 6.45) is 3.17. The third kappa shape index (κ3) is 2.87. The number of nitrogens with zero attached hydrogens (tertiary/aromatic N) is 1. The zero-order valence-corrected chi connectivity index (χ0v) is 11.0. The molecule has 1 saturated carbocycles. The maximum Gasteiger partial charge on any atom is 0.355 e. The van der Waals surface area contributed by atoms with Gasteiger partial charge in [-0.15, -0.1) is 11.3 Å². The fourth-order valence-electron chi connectivity index (χ4n) is 2.32. The van der Waals surface area contributed by atoms with Crippen LogP contribution in [0.15, 0.2) is 5.38 Å². The molecule has 6 heteroatoms. The van der Waals surface area contributed by atoms with Crippen LogP contribution in [0.3, 0.4) is 0 Å². The van der Waals surface area contributed by atoms with Crippen LogP contribution in [-0.2, 0) is 11.3 Å². The molecule has 2 atom stereocenters. The minimum Gasteiger partial charge on any atom is -0.476 e. The molecule has 0 bridgehead atoms. The van der Waals surface area contributed by atoms with Crippen molar-refractivity contribution in [1.82, 2.24) is 10.3 Å². The van der Waals surface area contributed by atoms with Gasteiger partial charge in [-0.25, -0.2) is 9.78 Å². The summed E-state index contributed by atoms with van der Waals surface area (Å²) < 4.78 is 0. The Morgan fingerprint density at radius 1 is 1.56 bits per heavy atom. The van der Waals surface area contributed by atoms with Gasteiger partial charge in [0.1, 0.15) is 5.01 Å². The predicted molar refractivity (Wildman–Crippen MR) is 67.4 cm³/mol. The Morgan fingerprint density at radius 3 is 2.89 bits per heavy atom. The number of thiazole rings is 1. The average molecular weight is 268 g/mol. The highest BCUT2D eigenvalue weighted by Gasteiger charge is 2.29. The zero-order chi connectivity index (χ0) is 13.1. The predicted octanol–water partition coefficient (Wildman–Crippen LogP) is 1.89. The fraction of sp³-hybridized carbons (Fsp3) is 0.583. The summed E-state index contributed by atoms with van der Waals surface area (Å²) in [4.78, 5) is 26.5.